The predicted molar refractivity (Wildman–Crippen MR) is 114 cm³/mol. The number of fused-ring (bicyclic) bond motifs is 1. The molecule has 148 valence electrons. The summed E-state index contributed by atoms with van der Waals surface area (Å²) in [6.07, 6.45) is 6.58. The summed E-state index contributed by atoms with van der Waals surface area (Å²) in [5.74, 6) is 0.733. The summed E-state index contributed by atoms with van der Waals surface area (Å²) in [6.45, 7) is 8.99. The highest BCUT2D eigenvalue weighted by atomic mass is 35.5. The number of aromatic nitrogens is 1. The van der Waals surface area contributed by atoms with Crippen LogP contribution in [0.2, 0.25) is 5.02 Å². The fourth-order valence-electron chi connectivity index (χ4n) is 4.69. The van der Waals surface area contributed by atoms with E-state index in [4.69, 9.17) is 11.6 Å². The Morgan fingerprint density at radius 2 is 1.96 bits per heavy atom. The maximum Gasteiger partial charge on any atom is 0.222 e. The number of piperidine rings is 1. The van der Waals surface area contributed by atoms with Gasteiger partial charge in [0.25, 0.3) is 0 Å². The Kier molecular flexibility index (Phi) is 5.09. The fraction of sp³-hybridized carbons (Fsp3) is 0.478. The number of rotatable bonds is 3. The lowest BCUT2D eigenvalue weighted by Crippen LogP contribution is -2.37. The molecule has 0 saturated carbocycles. The molecule has 0 radical (unpaired) electrons. The summed E-state index contributed by atoms with van der Waals surface area (Å²) in [6, 6.07) is 8.50. The summed E-state index contributed by atoms with van der Waals surface area (Å²) in [4.78, 5) is 20.9. The average molecular weight is 398 g/mol. The first-order valence-electron chi connectivity index (χ1n) is 10.2. The van der Waals surface area contributed by atoms with Gasteiger partial charge in [-0.2, -0.15) is 0 Å². The maximum atomic E-state index is 11.9. The van der Waals surface area contributed by atoms with Crippen LogP contribution in [0, 0.1) is 0 Å². The minimum absolute atomic E-state index is 0.128. The van der Waals surface area contributed by atoms with Crippen LogP contribution < -0.4 is 4.90 Å². The van der Waals surface area contributed by atoms with Crippen LogP contribution in [-0.4, -0.2) is 28.9 Å². The zero-order chi connectivity index (χ0) is 19.9. The molecule has 0 atom stereocenters. The zero-order valence-corrected chi connectivity index (χ0v) is 17.7. The first-order chi connectivity index (χ1) is 13.4. The van der Waals surface area contributed by atoms with Gasteiger partial charge in [-0.05, 0) is 67.5 Å². The molecule has 1 saturated heterocycles. The summed E-state index contributed by atoms with van der Waals surface area (Å²) in [7, 11) is 0. The molecule has 3 heterocycles. The molecule has 1 amide bonds. The van der Waals surface area contributed by atoms with E-state index in [1.807, 2.05) is 30.3 Å². The highest BCUT2D eigenvalue weighted by Gasteiger charge is 2.38. The molecule has 4 nitrogen and oxygen atoms in total. The van der Waals surface area contributed by atoms with Gasteiger partial charge in [0.2, 0.25) is 5.91 Å². The third kappa shape index (κ3) is 3.39. The monoisotopic (exact) mass is 397 g/mol. The average Bonchev–Trinajstić information content (AvgIpc) is 2.98. The van der Waals surface area contributed by atoms with Gasteiger partial charge in [0.1, 0.15) is 0 Å². The third-order valence-electron chi connectivity index (χ3n) is 6.41. The number of amides is 1. The lowest BCUT2D eigenvalue weighted by atomic mass is 9.89. The topological polar surface area (TPSA) is 36.4 Å². The van der Waals surface area contributed by atoms with E-state index in [1.54, 1.807) is 0 Å². The number of carbonyl (C=O) groups excluding carboxylic acids is 1. The Morgan fingerprint density at radius 1 is 1.21 bits per heavy atom. The first kappa shape index (κ1) is 19.3. The number of likely N-dealkylation sites (tertiary alicyclic amines) is 1. The lowest BCUT2D eigenvalue weighted by Gasteiger charge is -2.35. The smallest absolute Gasteiger partial charge is 0.222 e. The highest BCUT2D eigenvalue weighted by molar-refractivity contribution is 6.30. The van der Waals surface area contributed by atoms with Crippen molar-refractivity contribution in [3.63, 3.8) is 0 Å². The number of pyridine rings is 1. The maximum absolute atomic E-state index is 11.9. The molecule has 5 heteroatoms. The molecule has 2 aliphatic rings. The molecule has 2 aliphatic heterocycles. The fourth-order valence-corrected chi connectivity index (χ4v) is 4.86. The minimum Gasteiger partial charge on any atom is -0.357 e. The van der Waals surface area contributed by atoms with Crippen molar-refractivity contribution in [1.29, 1.82) is 0 Å². The number of nitrogens with zero attached hydrogens (tertiary/aromatic N) is 3. The SMILES string of the molecule is CCC(=O)N1CCC(c2cncc(N3Cc4ccc(Cl)cc4C3(C)C)c2)CC1. The van der Waals surface area contributed by atoms with E-state index < -0.39 is 0 Å². The number of anilines is 1. The molecule has 0 aliphatic carbocycles. The van der Waals surface area contributed by atoms with E-state index in [0.29, 0.717) is 12.3 Å². The van der Waals surface area contributed by atoms with Crippen molar-refractivity contribution in [2.45, 2.75) is 58.0 Å². The Labute approximate surface area is 172 Å². The van der Waals surface area contributed by atoms with Crippen molar-refractivity contribution in [2.75, 3.05) is 18.0 Å². The van der Waals surface area contributed by atoms with Crippen LogP contribution >= 0.6 is 11.6 Å². The van der Waals surface area contributed by atoms with E-state index in [9.17, 15) is 4.79 Å². The molecule has 1 aromatic heterocycles. The molecule has 0 spiro atoms. The molecular formula is C23H28ClN3O. The minimum atomic E-state index is -0.128. The van der Waals surface area contributed by atoms with Crippen molar-refractivity contribution in [3.8, 4) is 0 Å². The number of hydrogen-bond donors (Lipinski definition) is 0. The molecule has 4 rings (SSSR count). The summed E-state index contributed by atoms with van der Waals surface area (Å²) >= 11 is 6.26. The molecule has 2 aromatic rings. The van der Waals surface area contributed by atoms with Gasteiger partial charge in [0.05, 0.1) is 17.4 Å². The van der Waals surface area contributed by atoms with Gasteiger partial charge in [-0.25, -0.2) is 0 Å². The van der Waals surface area contributed by atoms with E-state index >= 15 is 0 Å². The standard InChI is InChI=1S/C23H28ClN3O/c1-4-22(28)26-9-7-16(8-10-26)18-11-20(14-25-13-18)27-15-17-5-6-19(24)12-21(17)23(27,2)3/h5-6,11-14,16H,4,7-10,15H2,1-3H3. The Morgan fingerprint density at radius 3 is 2.68 bits per heavy atom. The van der Waals surface area contributed by atoms with E-state index in [-0.39, 0.29) is 11.4 Å². The van der Waals surface area contributed by atoms with Gasteiger partial charge in [-0.1, -0.05) is 24.6 Å². The van der Waals surface area contributed by atoms with Crippen LogP contribution in [0.5, 0.6) is 0 Å². The van der Waals surface area contributed by atoms with Gasteiger partial charge in [-0.15, -0.1) is 0 Å². The molecular weight excluding hydrogens is 370 g/mol. The van der Waals surface area contributed by atoms with Crippen LogP contribution in [0.1, 0.15) is 62.6 Å². The molecule has 0 bridgehead atoms. The summed E-state index contributed by atoms with van der Waals surface area (Å²) in [5, 5.41) is 0.786. The second-order valence-corrected chi connectivity index (χ2v) is 8.87. The van der Waals surface area contributed by atoms with Crippen molar-refractivity contribution in [2.24, 2.45) is 0 Å². The quantitative estimate of drug-likeness (QED) is 0.722. The number of carbonyl (C=O) groups is 1. The predicted octanol–water partition coefficient (Wildman–Crippen LogP) is 5.11. The van der Waals surface area contributed by atoms with Crippen LogP contribution in [0.15, 0.2) is 36.7 Å². The van der Waals surface area contributed by atoms with Crippen LogP contribution in [0.25, 0.3) is 0 Å². The second-order valence-electron chi connectivity index (χ2n) is 8.43. The largest absolute Gasteiger partial charge is 0.357 e. The van der Waals surface area contributed by atoms with Crippen LogP contribution in [-0.2, 0) is 16.9 Å². The lowest BCUT2D eigenvalue weighted by molar-refractivity contribution is -0.131. The van der Waals surface area contributed by atoms with Gasteiger partial charge < -0.3 is 9.80 Å². The van der Waals surface area contributed by atoms with E-state index in [0.717, 1.165) is 43.2 Å². The second kappa shape index (κ2) is 7.40. The molecule has 1 fully saturated rings. The third-order valence-corrected chi connectivity index (χ3v) is 6.65. The van der Waals surface area contributed by atoms with Crippen molar-refractivity contribution in [3.05, 3.63) is 58.4 Å². The molecule has 0 unspecified atom stereocenters. The van der Waals surface area contributed by atoms with Gasteiger partial charge in [0.15, 0.2) is 0 Å². The normalized spacial score (nSPS) is 19.0. The van der Waals surface area contributed by atoms with Crippen molar-refractivity contribution >= 4 is 23.2 Å². The Balaban J connectivity index is 1.55. The molecule has 28 heavy (non-hydrogen) atoms. The zero-order valence-electron chi connectivity index (χ0n) is 16.9. The number of benzene rings is 1. The number of halogens is 1. The Hall–Kier alpha value is -2.07. The van der Waals surface area contributed by atoms with Gasteiger partial charge in [-0.3, -0.25) is 9.78 Å². The highest BCUT2D eigenvalue weighted by Crippen LogP contribution is 2.43. The molecule has 1 aromatic carbocycles. The van der Waals surface area contributed by atoms with Gasteiger partial charge >= 0.3 is 0 Å². The van der Waals surface area contributed by atoms with E-state index in [1.165, 1.54) is 16.7 Å². The molecule has 0 N–H and O–H groups in total. The van der Waals surface area contributed by atoms with Crippen molar-refractivity contribution < 1.29 is 4.79 Å². The van der Waals surface area contributed by atoms with Gasteiger partial charge in [0, 0.05) is 37.3 Å². The summed E-state index contributed by atoms with van der Waals surface area (Å²) in [5.41, 5.74) is 4.92. The van der Waals surface area contributed by atoms with Crippen molar-refractivity contribution in [1.82, 2.24) is 9.88 Å². The number of hydrogen-bond acceptors (Lipinski definition) is 3. The van der Waals surface area contributed by atoms with Crippen LogP contribution in [0.4, 0.5) is 5.69 Å². The van der Waals surface area contributed by atoms with Crippen LogP contribution in [0.3, 0.4) is 0 Å². The Bertz CT molecular complexity index is 887. The first-order valence-corrected chi connectivity index (χ1v) is 10.6. The summed E-state index contributed by atoms with van der Waals surface area (Å²) < 4.78 is 0. The van der Waals surface area contributed by atoms with E-state index in [2.05, 4.69) is 41.9 Å².